The van der Waals surface area contributed by atoms with Crippen LogP contribution in [0, 0.1) is 0 Å². The first-order chi connectivity index (χ1) is 10.7. The molecule has 0 spiro atoms. The summed E-state index contributed by atoms with van der Waals surface area (Å²) in [5, 5.41) is 9.55. The number of carbonyl (C=O) groups excluding carboxylic acids is 1. The monoisotopic (exact) mass is 290 g/mol. The maximum absolute atomic E-state index is 12.1. The molecule has 0 saturated heterocycles. The van der Waals surface area contributed by atoms with Crippen molar-refractivity contribution in [1.82, 2.24) is 0 Å². The third-order valence-electron chi connectivity index (χ3n) is 3.23. The summed E-state index contributed by atoms with van der Waals surface area (Å²) in [6.07, 6.45) is 0. The average Bonchev–Trinajstić information content (AvgIpc) is 2.56. The van der Waals surface area contributed by atoms with Gasteiger partial charge in [0.1, 0.15) is 11.5 Å². The van der Waals surface area contributed by atoms with E-state index in [9.17, 15) is 9.90 Å². The number of phenolic OH excluding ortho intramolecular Hbond substituents is 1. The minimum absolute atomic E-state index is 0.198. The number of hydrogen-bond acceptors (Lipinski definition) is 3. The molecule has 0 amide bonds. The van der Waals surface area contributed by atoms with Crippen molar-refractivity contribution < 1.29 is 14.6 Å². The van der Waals surface area contributed by atoms with E-state index in [1.165, 1.54) is 0 Å². The molecule has 3 aromatic carbocycles. The lowest BCUT2D eigenvalue weighted by Gasteiger charge is -2.07. The molecular formula is C19H14O3. The Balaban J connectivity index is 1.84. The molecule has 0 aliphatic carbocycles. The van der Waals surface area contributed by atoms with Gasteiger partial charge in [0.2, 0.25) is 0 Å². The van der Waals surface area contributed by atoms with Crippen LogP contribution < -0.4 is 4.74 Å². The lowest BCUT2D eigenvalue weighted by molar-refractivity contribution is 0.0735. The second-order valence-corrected chi connectivity index (χ2v) is 4.83. The molecule has 3 heteroatoms. The maximum atomic E-state index is 12.1. The van der Waals surface area contributed by atoms with Crippen LogP contribution in [0.1, 0.15) is 10.4 Å². The van der Waals surface area contributed by atoms with Crippen LogP contribution in [-0.4, -0.2) is 11.1 Å². The van der Waals surface area contributed by atoms with Crippen molar-refractivity contribution in [2.75, 3.05) is 0 Å². The summed E-state index contributed by atoms with van der Waals surface area (Å²) in [6.45, 7) is 0. The van der Waals surface area contributed by atoms with Gasteiger partial charge in [-0.2, -0.15) is 0 Å². The normalized spacial score (nSPS) is 10.2. The fraction of sp³-hybridized carbons (Fsp3) is 0. The number of aromatic hydroxyl groups is 1. The highest BCUT2D eigenvalue weighted by atomic mass is 16.5. The molecule has 0 aromatic heterocycles. The zero-order valence-electron chi connectivity index (χ0n) is 11.8. The number of phenols is 1. The fourth-order valence-corrected chi connectivity index (χ4v) is 2.16. The highest BCUT2D eigenvalue weighted by molar-refractivity contribution is 5.91. The number of benzene rings is 3. The molecule has 3 rings (SSSR count). The van der Waals surface area contributed by atoms with Gasteiger partial charge >= 0.3 is 5.97 Å². The second-order valence-electron chi connectivity index (χ2n) is 4.83. The Morgan fingerprint density at radius 3 is 2.18 bits per heavy atom. The van der Waals surface area contributed by atoms with E-state index in [0.29, 0.717) is 11.3 Å². The van der Waals surface area contributed by atoms with Gasteiger partial charge in [0, 0.05) is 0 Å². The molecule has 0 unspecified atom stereocenters. The zero-order valence-corrected chi connectivity index (χ0v) is 11.8. The van der Waals surface area contributed by atoms with Crippen molar-refractivity contribution in [2.45, 2.75) is 0 Å². The molecule has 22 heavy (non-hydrogen) atoms. The second kappa shape index (κ2) is 6.14. The molecule has 0 aliphatic heterocycles. The number of esters is 1. The van der Waals surface area contributed by atoms with E-state index in [1.807, 2.05) is 24.3 Å². The van der Waals surface area contributed by atoms with E-state index >= 15 is 0 Å². The smallest absolute Gasteiger partial charge is 0.343 e. The topological polar surface area (TPSA) is 46.5 Å². The third-order valence-corrected chi connectivity index (χ3v) is 3.23. The Labute approximate surface area is 128 Å². The van der Waals surface area contributed by atoms with Crippen LogP contribution in [0.25, 0.3) is 11.1 Å². The lowest BCUT2D eigenvalue weighted by Crippen LogP contribution is -2.08. The van der Waals surface area contributed by atoms with E-state index in [2.05, 4.69) is 0 Å². The van der Waals surface area contributed by atoms with Crippen LogP contribution in [0.3, 0.4) is 0 Å². The van der Waals surface area contributed by atoms with Crippen LogP contribution in [0.15, 0.2) is 78.9 Å². The first kappa shape index (κ1) is 13.9. The number of carbonyl (C=O) groups is 1. The number of rotatable bonds is 3. The first-order valence-electron chi connectivity index (χ1n) is 6.89. The SMILES string of the molecule is O=C(Oc1cccc(-c2cccc(O)c2)c1)c1ccccc1. The Hall–Kier alpha value is -3.07. The van der Waals surface area contributed by atoms with Gasteiger partial charge in [0.25, 0.3) is 0 Å². The molecular weight excluding hydrogens is 276 g/mol. The predicted octanol–water partition coefficient (Wildman–Crippen LogP) is 4.28. The summed E-state index contributed by atoms with van der Waals surface area (Å²) < 4.78 is 5.39. The Morgan fingerprint density at radius 1 is 0.773 bits per heavy atom. The van der Waals surface area contributed by atoms with E-state index in [1.54, 1.807) is 54.6 Å². The van der Waals surface area contributed by atoms with Crippen LogP contribution >= 0.6 is 0 Å². The van der Waals surface area contributed by atoms with Gasteiger partial charge in [-0.25, -0.2) is 4.79 Å². The molecule has 0 fully saturated rings. The van der Waals surface area contributed by atoms with Gasteiger partial charge in [-0.05, 0) is 47.5 Å². The van der Waals surface area contributed by atoms with E-state index in [4.69, 9.17) is 4.74 Å². The molecule has 3 aromatic rings. The van der Waals surface area contributed by atoms with Gasteiger partial charge in [-0.3, -0.25) is 0 Å². The lowest BCUT2D eigenvalue weighted by atomic mass is 10.1. The van der Waals surface area contributed by atoms with Crippen molar-refractivity contribution in [2.24, 2.45) is 0 Å². The summed E-state index contributed by atoms with van der Waals surface area (Å²) in [4.78, 5) is 12.1. The summed E-state index contributed by atoms with van der Waals surface area (Å²) in [5.41, 5.74) is 2.23. The number of hydrogen-bond donors (Lipinski definition) is 1. The highest BCUT2D eigenvalue weighted by Gasteiger charge is 2.08. The van der Waals surface area contributed by atoms with Crippen LogP contribution in [0.2, 0.25) is 0 Å². The fourth-order valence-electron chi connectivity index (χ4n) is 2.16. The zero-order chi connectivity index (χ0) is 15.4. The minimum Gasteiger partial charge on any atom is -0.508 e. The van der Waals surface area contributed by atoms with Crippen molar-refractivity contribution in [1.29, 1.82) is 0 Å². The van der Waals surface area contributed by atoms with Crippen LogP contribution in [-0.2, 0) is 0 Å². The Morgan fingerprint density at radius 2 is 1.45 bits per heavy atom. The summed E-state index contributed by atoms with van der Waals surface area (Å²) >= 11 is 0. The standard InChI is InChI=1S/C19H14O3/c20-17-10-4-8-15(12-17)16-9-5-11-18(13-16)22-19(21)14-6-2-1-3-7-14/h1-13,20H. The average molecular weight is 290 g/mol. The third kappa shape index (κ3) is 3.15. The molecule has 0 heterocycles. The van der Waals surface area contributed by atoms with E-state index < -0.39 is 5.97 Å². The Bertz CT molecular complexity index is 795. The van der Waals surface area contributed by atoms with Gasteiger partial charge in [-0.15, -0.1) is 0 Å². The van der Waals surface area contributed by atoms with Crippen molar-refractivity contribution in [3.63, 3.8) is 0 Å². The van der Waals surface area contributed by atoms with Crippen molar-refractivity contribution >= 4 is 5.97 Å². The first-order valence-corrected chi connectivity index (χ1v) is 6.89. The van der Waals surface area contributed by atoms with Gasteiger partial charge in [0.05, 0.1) is 5.56 Å². The number of ether oxygens (including phenoxy) is 1. The highest BCUT2D eigenvalue weighted by Crippen LogP contribution is 2.26. The van der Waals surface area contributed by atoms with Crippen LogP contribution in [0.5, 0.6) is 11.5 Å². The van der Waals surface area contributed by atoms with Crippen molar-refractivity contribution in [3.8, 4) is 22.6 Å². The predicted molar refractivity (Wildman–Crippen MR) is 84.9 cm³/mol. The van der Waals surface area contributed by atoms with Gasteiger partial charge < -0.3 is 9.84 Å². The molecule has 3 nitrogen and oxygen atoms in total. The molecule has 0 atom stereocenters. The summed E-state index contributed by atoms with van der Waals surface area (Å²) in [7, 11) is 0. The van der Waals surface area contributed by atoms with Crippen LogP contribution in [0.4, 0.5) is 0 Å². The molecule has 0 radical (unpaired) electrons. The molecule has 108 valence electrons. The minimum atomic E-state index is -0.395. The molecule has 1 N–H and O–H groups in total. The van der Waals surface area contributed by atoms with Gasteiger partial charge in [0.15, 0.2) is 0 Å². The molecule has 0 aliphatic rings. The molecule has 0 saturated carbocycles. The largest absolute Gasteiger partial charge is 0.508 e. The quantitative estimate of drug-likeness (QED) is 0.578. The summed E-state index contributed by atoms with van der Waals surface area (Å²) in [5.74, 6) is 0.271. The Kier molecular flexibility index (Phi) is 3.88. The summed E-state index contributed by atoms with van der Waals surface area (Å²) in [6, 6.07) is 23.0. The molecule has 0 bridgehead atoms. The van der Waals surface area contributed by atoms with E-state index in [0.717, 1.165) is 11.1 Å². The van der Waals surface area contributed by atoms with E-state index in [-0.39, 0.29) is 5.75 Å². The van der Waals surface area contributed by atoms with Gasteiger partial charge in [-0.1, -0.05) is 42.5 Å². The van der Waals surface area contributed by atoms with Crippen molar-refractivity contribution in [3.05, 3.63) is 84.4 Å². The maximum Gasteiger partial charge on any atom is 0.343 e.